The molecule has 1 saturated heterocycles. The van der Waals surface area contributed by atoms with E-state index in [0.29, 0.717) is 29.4 Å². The lowest BCUT2D eigenvalue weighted by atomic mass is 9.84. The van der Waals surface area contributed by atoms with E-state index in [0.717, 1.165) is 12.1 Å². The number of halogens is 2. The molecule has 0 saturated carbocycles. The number of carbonyl (C=O) groups is 1. The van der Waals surface area contributed by atoms with Crippen LogP contribution in [0.4, 0.5) is 0 Å². The Morgan fingerprint density at radius 1 is 1.50 bits per heavy atom. The highest BCUT2D eigenvalue weighted by molar-refractivity contribution is 6.35. The summed E-state index contributed by atoms with van der Waals surface area (Å²) < 4.78 is 0. The number of likely N-dealkylation sites (tertiary alicyclic amines) is 1. The molecule has 0 radical (unpaired) electrons. The molecular weight excluding hydrogens is 297 g/mol. The maximum atomic E-state index is 11.5. The molecule has 2 rings (SSSR count). The van der Waals surface area contributed by atoms with Crippen molar-refractivity contribution < 1.29 is 9.90 Å². The van der Waals surface area contributed by atoms with Crippen LogP contribution in [0.3, 0.4) is 0 Å². The first-order valence-electron chi connectivity index (χ1n) is 6.82. The second kappa shape index (κ2) is 5.92. The molecule has 1 aromatic rings. The van der Waals surface area contributed by atoms with E-state index in [-0.39, 0.29) is 6.04 Å². The van der Waals surface area contributed by atoms with Crippen molar-refractivity contribution in [1.29, 1.82) is 0 Å². The summed E-state index contributed by atoms with van der Waals surface area (Å²) >= 11 is 12.2. The quantitative estimate of drug-likeness (QED) is 0.903. The monoisotopic (exact) mass is 315 g/mol. The fourth-order valence-electron chi connectivity index (χ4n) is 2.89. The minimum absolute atomic E-state index is 0.0903. The molecule has 2 unspecified atom stereocenters. The third kappa shape index (κ3) is 2.80. The molecule has 110 valence electrons. The van der Waals surface area contributed by atoms with Gasteiger partial charge in [0.15, 0.2) is 0 Å². The van der Waals surface area contributed by atoms with E-state index < -0.39 is 11.4 Å². The third-order valence-corrected chi connectivity index (χ3v) is 5.04. The average molecular weight is 316 g/mol. The molecule has 1 aliphatic rings. The summed E-state index contributed by atoms with van der Waals surface area (Å²) in [5.41, 5.74) is 0.376. The van der Waals surface area contributed by atoms with Gasteiger partial charge >= 0.3 is 5.97 Å². The van der Waals surface area contributed by atoms with Crippen LogP contribution >= 0.6 is 23.2 Å². The molecule has 1 fully saturated rings. The lowest BCUT2D eigenvalue weighted by molar-refractivity contribution is -0.148. The van der Waals surface area contributed by atoms with Gasteiger partial charge < -0.3 is 5.11 Å². The molecule has 1 aliphatic heterocycles. The number of nitrogens with zero attached hydrogens (tertiary/aromatic N) is 1. The van der Waals surface area contributed by atoms with E-state index >= 15 is 0 Å². The smallest absolute Gasteiger partial charge is 0.310 e. The van der Waals surface area contributed by atoms with Gasteiger partial charge in [-0.1, -0.05) is 36.2 Å². The van der Waals surface area contributed by atoms with Crippen LogP contribution in [0.2, 0.25) is 10.0 Å². The highest BCUT2D eigenvalue weighted by Crippen LogP contribution is 2.39. The number of benzene rings is 1. The van der Waals surface area contributed by atoms with E-state index in [1.807, 2.05) is 19.1 Å². The molecule has 1 N–H and O–H groups in total. The van der Waals surface area contributed by atoms with Crippen molar-refractivity contribution in [3.05, 3.63) is 33.8 Å². The number of hydrogen-bond acceptors (Lipinski definition) is 2. The van der Waals surface area contributed by atoms with Gasteiger partial charge in [-0.15, -0.1) is 0 Å². The van der Waals surface area contributed by atoms with Crippen LogP contribution in [0.5, 0.6) is 0 Å². The maximum absolute atomic E-state index is 11.5. The van der Waals surface area contributed by atoms with Crippen LogP contribution < -0.4 is 0 Å². The normalized spacial score (nSPS) is 24.8. The Morgan fingerprint density at radius 3 is 2.70 bits per heavy atom. The lowest BCUT2D eigenvalue weighted by Gasteiger charge is -2.28. The number of carboxylic acid groups (broad SMARTS) is 1. The first-order chi connectivity index (χ1) is 9.39. The Kier molecular flexibility index (Phi) is 4.62. The minimum Gasteiger partial charge on any atom is -0.481 e. The number of rotatable bonds is 4. The first-order valence-corrected chi connectivity index (χ1v) is 7.57. The molecule has 5 heteroatoms. The van der Waals surface area contributed by atoms with Crippen molar-refractivity contribution in [2.24, 2.45) is 5.41 Å². The van der Waals surface area contributed by atoms with Gasteiger partial charge in [-0.05, 0) is 44.0 Å². The fourth-order valence-corrected chi connectivity index (χ4v) is 3.45. The van der Waals surface area contributed by atoms with Gasteiger partial charge in [-0.3, -0.25) is 9.69 Å². The van der Waals surface area contributed by atoms with Gasteiger partial charge in [0.05, 0.1) is 5.41 Å². The van der Waals surface area contributed by atoms with Gasteiger partial charge in [0.1, 0.15) is 0 Å². The largest absolute Gasteiger partial charge is 0.481 e. The van der Waals surface area contributed by atoms with Crippen LogP contribution in [0.1, 0.15) is 38.3 Å². The average Bonchev–Trinajstić information content (AvgIpc) is 2.83. The van der Waals surface area contributed by atoms with Gasteiger partial charge in [0.2, 0.25) is 0 Å². The molecular formula is C15H19Cl2NO2. The lowest BCUT2D eigenvalue weighted by Crippen LogP contribution is -2.35. The summed E-state index contributed by atoms with van der Waals surface area (Å²) in [4.78, 5) is 13.7. The van der Waals surface area contributed by atoms with E-state index in [9.17, 15) is 9.90 Å². The maximum Gasteiger partial charge on any atom is 0.310 e. The first kappa shape index (κ1) is 15.6. The summed E-state index contributed by atoms with van der Waals surface area (Å²) in [6.45, 7) is 5.35. The van der Waals surface area contributed by atoms with Crippen LogP contribution in [0.15, 0.2) is 18.2 Å². The van der Waals surface area contributed by atoms with Crippen molar-refractivity contribution in [2.75, 3.05) is 13.1 Å². The SMILES string of the molecule is CCC1(C(=O)O)CCN(C(C)c2ccc(Cl)cc2Cl)C1. The zero-order valence-electron chi connectivity index (χ0n) is 11.7. The molecule has 3 nitrogen and oxygen atoms in total. The fraction of sp³-hybridized carbons (Fsp3) is 0.533. The predicted octanol–water partition coefficient (Wildman–Crippen LogP) is 4.24. The molecule has 20 heavy (non-hydrogen) atoms. The van der Waals surface area contributed by atoms with Crippen molar-refractivity contribution in [1.82, 2.24) is 4.90 Å². The highest BCUT2D eigenvalue weighted by atomic mass is 35.5. The van der Waals surface area contributed by atoms with Gasteiger partial charge in [0, 0.05) is 22.6 Å². The van der Waals surface area contributed by atoms with Crippen LogP contribution in [-0.2, 0) is 4.79 Å². The molecule has 0 bridgehead atoms. The van der Waals surface area contributed by atoms with Gasteiger partial charge in [0.25, 0.3) is 0 Å². The van der Waals surface area contributed by atoms with Gasteiger partial charge in [-0.25, -0.2) is 0 Å². The molecule has 0 spiro atoms. The number of carboxylic acids is 1. The summed E-state index contributed by atoms with van der Waals surface area (Å²) in [6, 6.07) is 5.56. The zero-order chi connectivity index (χ0) is 14.9. The summed E-state index contributed by atoms with van der Waals surface area (Å²) in [5, 5.41) is 10.7. The van der Waals surface area contributed by atoms with E-state index in [4.69, 9.17) is 23.2 Å². The summed E-state index contributed by atoms with van der Waals surface area (Å²) in [7, 11) is 0. The second-order valence-corrected chi connectivity index (χ2v) is 6.34. The van der Waals surface area contributed by atoms with E-state index in [1.165, 1.54) is 0 Å². The minimum atomic E-state index is -0.697. The van der Waals surface area contributed by atoms with E-state index in [1.54, 1.807) is 6.07 Å². The summed E-state index contributed by atoms with van der Waals surface area (Å²) in [5.74, 6) is -0.697. The predicted molar refractivity (Wildman–Crippen MR) is 81.4 cm³/mol. The number of aliphatic carboxylic acids is 1. The standard InChI is InChI=1S/C15H19Cl2NO2/c1-3-15(14(19)20)6-7-18(9-15)10(2)12-5-4-11(16)8-13(12)17/h4-5,8,10H,3,6-7,9H2,1-2H3,(H,19,20). The Bertz CT molecular complexity index is 521. The molecule has 1 aromatic carbocycles. The summed E-state index contributed by atoms with van der Waals surface area (Å²) in [6.07, 6.45) is 1.34. The topological polar surface area (TPSA) is 40.5 Å². The van der Waals surface area contributed by atoms with Crippen LogP contribution in [0, 0.1) is 5.41 Å². The third-order valence-electron chi connectivity index (χ3n) is 4.47. The molecule has 0 amide bonds. The van der Waals surface area contributed by atoms with Crippen molar-refractivity contribution in [3.8, 4) is 0 Å². The van der Waals surface area contributed by atoms with Crippen molar-refractivity contribution in [3.63, 3.8) is 0 Å². The molecule has 0 aliphatic carbocycles. The zero-order valence-corrected chi connectivity index (χ0v) is 13.2. The Balaban J connectivity index is 2.19. The van der Waals surface area contributed by atoms with Crippen molar-refractivity contribution in [2.45, 2.75) is 32.7 Å². The Hall–Kier alpha value is -0.770. The number of hydrogen-bond donors (Lipinski definition) is 1. The Morgan fingerprint density at radius 2 is 2.20 bits per heavy atom. The molecule has 2 atom stereocenters. The van der Waals surface area contributed by atoms with Crippen LogP contribution in [0.25, 0.3) is 0 Å². The molecule has 1 heterocycles. The van der Waals surface area contributed by atoms with Crippen LogP contribution in [-0.4, -0.2) is 29.1 Å². The highest BCUT2D eigenvalue weighted by Gasteiger charge is 2.44. The molecule has 0 aromatic heterocycles. The van der Waals surface area contributed by atoms with Crippen molar-refractivity contribution >= 4 is 29.2 Å². The Labute approximate surface area is 129 Å². The second-order valence-electron chi connectivity index (χ2n) is 5.50. The van der Waals surface area contributed by atoms with E-state index in [2.05, 4.69) is 11.8 Å². The van der Waals surface area contributed by atoms with Gasteiger partial charge in [-0.2, -0.15) is 0 Å².